The van der Waals surface area contributed by atoms with Gasteiger partial charge >= 0.3 is 6.03 Å². The number of H-pyrrole nitrogens is 1. The van der Waals surface area contributed by atoms with Crippen molar-refractivity contribution in [1.82, 2.24) is 30.4 Å². The Kier molecular flexibility index (Phi) is 7.40. The lowest BCUT2D eigenvalue weighted by Crippen LogP contribution is -2.41. The minimum Gasteiger partial charge on any atom is -0.383 e. The minimum absolute atomic E-state index is 0.0369. The molecule has 1 unspecified atom stereocenters. The lowest BCUT2D eigenvalue weighted by atomic mass is 10.1. The van der Waals surface area contributed by atoms with Crippen molar-refractivity contribution >= 4 is 34.6 Å². The van der Waals surface area contributed by atoms with Gasteiger partial charge in [-0.05, 0) is 18.9 Å². The van der Waals surface area contributed by atoms with E-state index in [0.29, 0.717) is 24.9 Å². The number of ether oxygens (including phenoxy) is 2. The van der Waals surface area contributed by atoms with Gasteiger partial charge in [0, 0.05) is 42.9 Å². The fourth-order valence-corrected chi connectivity index (χ4v) is 4.36. The first-order chi connectivity index (χ1) is 15.7. The first-order valence-corrected chi connectivity index (χ1v) is 11.4. The quantitative estimate of drug-likeness (QED) is 0.332. The van der Waals surface area contributed by atoms with E-state index in [1.807, 2.05) is 35.0 Å². The van der Waals surface area contributed by atoms with Gasteiger partial charge in [-0.15, -0.1) is 10.2 Å². The number of aromatic amines is 1. The lowest BCUT2D eigenvalue weighted by Gasteiger charge is -2.14. The van der Waals surface area contributed by atoms with E-state index in [4.69, 9.17) is 9.47 Å². The van der Waals surface area contributed by atoms with Gasteiger partial charge in [-0.2, -0.15) is 0 Å². The Hall–Kier alpha value is -2.89. The Morgan fingerprint density at radius 1 is 1.34 bits per heavy atom. The maximum atomic E-state index is 12.2. The molecule has 10 nitrogen and oxygen atoms in total. The Morgan fingerprint density at radius 3 is 3.03 bits per heavy atom. The molecule has 1 aromatic carbocycles. The highest BCUT2D eigenvalue weighted by molar-refractivity contribution is 7.99. The molecule has 3 amide bonds. The van der Waals surface area contributed by atoms with Crippen molar-refractivity contribution in [2.45, 2.75) is 30.6 Å². The fraction of sp³-hybridized carbons (Fsp3) is 0.429. The smallest absolute Gasteiger partial charge is 0.321 e. The molecule has 1 saturated heterocycles. The van der Waals surface area contributed by atoms with Crippen LogP contribution < -0.4 is 10.6 Å². The molecule has 1 fully saturated rings. The summed E-state index contributed by atoms with van der Waals surface area (Å²) >= 11 is 1.24. The minimum atomic E-state index is -0.548. The zero-order valence-electron chi connectivity index (χ0n) is 17.8. The number of para-hydroxylation sites is 1. The van der Waals surface area contributed by atoms with Gasteiger partial charge in [0.25, 0.3) is 0 Å². The van der Waals surface area contributed by atoms with Crippen molar-refractivity contribution in [3.05, 3.63) is 30.5 Å². The summed E-state index contributed by atoms with van der Waals surface area (Å²) in [5.74, 6) is 0.346. The molecule has 0 spiro atoms. The number of hydrogen-bond acceptors (Lipinski definition) is 7. The molecule has 3 aromatic rings. The maximum absolute atomic E-state index is 12.2. The number of methoxy groups -OCH3 is 1. The van der Waals surface area contributed by atoms with Crippen molar-refractivity contribution in [3.63, 3.8) is 0 Å². The van der Waals surface area contributed by atoms with Crippen LogP contribution in [0.4, 0.5) is 4.79 Å². The van der Waals surface area contributed by atoms with Crippen LogP contribution in [0.25, 0.3) is 22.3 Å². The van der Waals surface area contributed by atoms with Crippen LogP contribution in [0.2, 0.25) is 0 Å². The molecule has 0 radical (unpaired) electrons. The molecule has 1 aliphatic rings. The number of imide groups is 1. The third kappa shape index (κ3) is 5.29. The molecule has 1 atom stereocenters. The molecule has 1 aliphatic heterocycles. The number of benzene rings is 1. The summed E-state index contributed by atoms with van der Waals surface area (Å²) < 4.78 is 12.7. The number of rotatable bonds is 9. The van der Waals surface area contributed by atoms with Crippen molar-refractivity contribution in [2.24, 2.45) is 0 Å². The van der Waals surface area contributed by atoms with E-state index < -0.39 is 11.9 Å². The SMILES string of the molecule is COCCNC(=O)NC(=O)CSc1nnc(-c2c[nH]c3ccccc23)n1CC1CCCO1. The van der Waals surface area contributed by atoms with E-state index in [1.165, 1.54) is 11.8 Å². The summed E-state index contributed by atoms with van der Waals surface area (Å²) in [5.41, 5.74) is 1.96. The number of hydrogen-bond donors (Lipinski definition) is 3. The normalized spacial score (nSPS) is 15.8. The molecule has 170 valence electrons. The number of nitrogens with zero attached hydrogens (tertiary/aromatic N) is 3. The molecule has 11 heteroatoms. The van der Waals surface area contributed by atoms with E-state index in [9.17, 15) is 9.59 Å². The van der Waals surface area contributed by atoms with Crippen LogP contribution in [0.3, 0.4) is 0 Å². The van der Waals surface area contributed by atoms with Crippen LogP contribution in [0, 0.1) is 0 Å². The zero-order valence-corrected chi connectivity index (χ0v) is 18.6. The van der Waals surface area contributed by atoms with E-state index in [-0.39, 0.29) is 11.9 Å². The largest absolute Gasteiger partial charge is 0.383 e. The Morgan fingerprint density at radius 2 is 2.22 bits per heavy atom. The number of fused-ring (bicyclic) bond motifs is 1. The predicted octanol–water partition coefficient (Wildman–Crippen LogP) is 2.17. The highest BCUT2D eigenvalue weighted by Crippen LogP contribution is 2.31. The van der Waals surface area contributed by atoms with Gasteiger partial charge in [-0.25, -0.2) is 4.79 Å². The molecular weight excluding hydrogens is 432 g/mol. The van der Waals surface area contributed by atoms with E-state index in [0.717, 1.165) is 41.7 Å². The summed E-state index contributed by atoms with van der Waals surface area (Å²) in [7, 11) is 1.54. The van der Waals surface area contributed by atoms with E-state index >= 15 is 0 Å². The maximum Gasteiger partial charge on any atom is 0.321 e. The molecular formula is C21H26N6O4S. The van der Waals surface area contributed by atoms with Crippen molar-refractivity contribution in [3.8, 4) is 11.4 Å². The van der Waals surface area contributed by atoms with Crippen LogP contribution in [-0.4, -0.2) is 70.4 Å². The second-order valence-corrected chi connectivity index (χ2v) is 8.33. The molecule has 3 N–H and O–H groups in total. The van der Waals surface area contributed by atoms with Gasteiger partial charge < -0.3 is 19.8 Å². The van der Waals surface area contributed by atoms with E-state index in [2.05, 4.69) is 25.8 Å². The number of carbonyl (C=O) groups excluding carboxylic acids is 2. The van der Waals surface area contributed by atoms with Gasteiger partial charge in [-0.1, -0.05) is 30.0 Å². The lowest BCUT2D eigenvalue weighted by molar-refractivity contribution is -0.117. The topological polar surface area (TPSA) is 123 Å². The molecule has 32 heavy (non-hydrogen) atoms. The standard InChI is InChI=1S/C21H26N6O4S/c1-30-10-8-22-20(29)24-18(28)13-32-21-26-25-19(27(21)12-14-5-4-9-31-14)16-11-23-17-7-3-2-6-15(16)17/h2-3,6-7,11,14,23H,4-5,8-10,12-13H2,1H3,(H2,22,24,28,29). The van der Waals surface area contributed by atoms with Crippen LogP contribution in [0.5, 0.6) is 0 Å². The summed E-state index contributed by atoms with van der Waals surface area (Å²) in [6, 6.07) is 7.46. The number of carbonyl (C=O) groups is 2. The monoisotopic (exact) mass is 458 g/mol. The van der Waals surface area contributed by atoms with Gasteiger partial charge in [0.15, 0.2) is 11.0 Å². The van der Waals surface area contributed by atoms with Gasteiger partial charge in [0.05, 0.1) is 25.0 Å². The Labute approximate surface area is 189 Å². The molecule has 0 aliphatic carbocycles. The average molecular weight is 459 g/mol. The first kappa shape index (κ1) is 22.3. The van der Waals surface area contributed by atoms with E-state index in [1.54, 1.807) is 7.11 Å². The van der Waals surface area contributed by atoms with Crippen molar-refractivity contribution in [1.29, 1.82) is 0 Å². The van der Waals surface area contributed by atoms with Crippen molar-refractivity contribution < 1.29 is 19.1 Å². The third-order valence-corrected chi connectivity index (χ3v) is 6.10. The predicted molar refractivity (Wildman–Crippen MR) is 120 cm³/mol. The molecule has 4 rings (SSSR count). The zero-order chi connectivity index (χ0) is 22.3. The van der Waals surface area contributed by atoms with Crippen LogP contribution in [0.1, 0.15) is 12.8 Å². The average Bonchev–Trinajstić information content (AvgIpc) is 3.53. The summed E-state index contributed by atoms with van der Waals surface area (Å²) in [4.78, 5) is 27.2. The number of urea groups is 1. The van der Waals surface area contributed by atoms with Gasteiger partial charge in [0.2, 0.25) is 5.91 Å². The van der Waals surface area contributed by atoms with Crippen LogP contribution in [0.15, 0.2) is 35.6 Å². The number of thioether (sulfide) groups is 1. The molecule has 0 bridgehead atoms. The van der Waals surface area contributed by atoms with Gasteiger partial charge in [-0.3, -0.25) is 14.7 Å². The number of nitrogens with one attached hydrogen (secondary N) is 3. The van der Waals surface area contributed by atoms with Crippen molar-refractivity contribution in [2.75, 3.05) is 32.6 Å². The second-order valence-electron chi connectivity index (χ2n) is 7.39. The number of amides is 3. The Balaban J connectivity index is 1.49. The molecule has 0 saturated carbocycles. The third-order valence-electron chi connectivity index (χ3n) is 5.13. The second kappa shape index (κ2) is 10.6. The first-order valence-electron chi connectivity index (χ1n) is 10.5. The van der Waals surface area contributed by atoms with Gasteiger partial charge in [0.1, 0.15) is 0 Å². The number of aromatic nitrogens is 4. The highest BCUT2D eigenvalue weighted by Gasteiger charge is 2.23. The Bertz CT molecular complexity index is 1080. The summed E-state index contributed by atoms with van der Waals surface area (Å²) in [6.07, 6.45) is 4.00. The van der Waals surface area contributed by atoms with Crippen LogP contribution >= 0.6 is 11.8 Å². The summed E-state index contributed by atoms with van der Waals surface area (Å²) in [6.45, 7) is 2.05. The summed E-state index contributed by atoms with van der Waals surface area (Å²) in [5, 5.41) is 15.3. The fourth-order valence-electron chi connectivity index (χ4n) is 3.61. The molecule has 2 aromatic heterocycles. The molecule has 3 heterocycles. The van der Waals surface area contributed by atoms with Crippen LogP contribution in [-0.2, 0) is 20.8 Å². The highest BCUT2D eigenvalue weighted by atomic mass is 32.2.